The number of hydrogen-bond donors (Lipinski definition) is 2. The van der Waals surface area contributed by atoms with Crippen molar-refractivity contribution < 1.29 is 34.1 Å². The second-order valence-corrected chi connectivity index (χ2v) is 10.9. The summed E-state index contributed by atoms with van der Waals surface area (Å²) in [7, 11) is 1.44. The normalized spacial score (nSPS) is 25.8. The van der Waals surface area contributed by atoms with Crippen molar-refractivity contribution in [1.82, 2.24) is 4.90 Å². The number of phenolic OH excluding ortho intramolecular Hbond substituents is 2. The molecule has 2 aromatic rings. The van der Waals surface area contributed by atoms with Gasteiger partial charge < -0.3 is 14.9 Å². The number of hydrogen-bond acceptors (Lipinski definition) is 7. The average Bonchev–Trinajstić information content (AvgIpc) is 3.19. The fourth-order valence-corrected chi connectivity index (χ4v) is 6.84. The summed E-state index contributed by atoms with van der Waals surface area (Å²) < 4.78 is 5.33. The molecule has 0 aromatic heterocycles. The Morgan fingerprint density at radius 1 is 0.975 bits per heavy atom. The third-order valence-electron chi connectivity index (χ3n) is 8.78. The van der Waals surface area contributed by atoms with E-state index in [9.17, 15) is 29.4 Å². The summed E-state index contributed by atoms with van der Waals surface area (Å²) in [5, 5.41) is 20.7. The minimum absolute atomic E-state index is 0.123. The van der Waals surface area contributed by atoms with Gasteiger partial charge in [-0.2, -0.15) is 0 Å². The first-order valence-electron chi connectivity index (χ1n) is 13.4. The Bertz CT molecular complexity index is 1560. The Labute approximate surface area is 231 Å². The lowest BCUT2D eigenvalue weighted by Crippen LogP contribution is -2.40. The van der Waals surface area contributed by atoms with Crippen LogP contribution in [0.25, 0.3) is 0 Å². The lowest BCUT2D eigenvalue weighted by atomic mass is 9.59. The molecule has 1 aliphatic heterocycles. The van der Waals surface area contributed by atoms with Crippen LogP contribution in [0.5, 0.6) is 17.2 Å². The molecule has 4 aliphatic rings. The Balaban J connectivity index is 1.40. The quantitative estimate of drug-likeness (QED) is 0.337. The SMILES string of the molecule is COc1cccc(C2C3=CCC4C(=O)N(CCc5ccc(O)cc5)C(=O)C4C3CC3=C2C(=O)C(C)=CC3=O)c1O. The number of likely N-dealkylation sites (tertiary alicyclic amines) is 1. The number of imide groups is 1. The van der Waals surface area contributed by atoms with Crippen molar-refractivity contribution in [3.8, 4) is 17.2 Å². The van der Waals surface area contributed by atoms with Crippen LogP contribution < -0.4 is 4.74 Å². The number of fused-ring (bicyclic) bond motifs is 3. The number of carbonyl (C=O) groups excluding carboxylic acids is 4. The lowest BCUT2D eigenvalue weighted by molar-refractivity contribution is -0.140. The molecule has 3 aliphatic carbocycles. The first-order chi connectivity index (χ1) is 19.2. The number of phenols is 2. The summed E-state index contributed by atoms with van der Waals surface area (Å²) >= 11 is 0. The number of nitrogens with zero attached hydrogens (tertiary/aromatic N) is 1. The van der Waals surface area contributed by atoms with Gasteiger partial charge in [-0.1, -0.05) is 35.9 Å². The van der Waals surface area contributed by atoms with Crippen molar-refractivity contribution in [2.75, 3.05) is 13.7 Å². The molecule has 2 aromatic carbocycles. The van der Waals surface area contributed by atoms with Crippen LogP contribution in [-0.4, -0.2) is 52.1 Å². The van der Waals surface area contributed by atoms with E-state index >= 15 is 0 Å². The van der Waals surface area contributed by atoms with Gasteiger partial charge in [-0.15, -0.1) is 0 Å². The van der Waals surface area contributed by atoms with Gasteiger partial charge in [0.15, 0.2) is 23.1 Å². The largest absolute Gasteiger partial charge is 0.508 e. The first-order valence-corrected chi connectivity index (χ1v) is 13.4. The fraction of sp³-hybridized carbons (Fsp3) is 0.312. The number of para-hydroxylation sites is 1. The predicted octanol–water partition coefficient (Wildman–Crippen LogP) is 3.78. The van der Waals surface area contributed by atoms with E-state index < -0.39 is 23.7 Å². The van der Waals surface area contributed by atoms with Crippen LogP contribution in [0.1, 0.15) is 36.8 Å². The number of methoxy groups -OCH3 is 1. The van der Waals surface area contributed by atoms with Crippen LogP contribution in [0.2, 0.25) is 0 Å². The molecule has 0 bridgehead atoms. The number of allylic oxidation sites excluding steroid dienone is 6. The highest BCUT2D eigenvalue weighted by Crippen LogP contribution is 2.56. The van der Waals surface area contributed by atoms with Crippen LogP contribution in [-0.2, 0) is 25.6 Å². The highest BCUT2D eigenvalue weighted by Gasteiger charge is 2.56. The molecule has 6 rings (SSSR count). The zero-order valence-corrected chi connectivity index (χ0v) is 22.2. The van der Waals surface area contributed by atoms with E-state index in [0.29, 0.717) is 35.1 Å². The maximum Gasteiger partial charge on any atom is 0.233 e. The topological polar surface area (TPSA) is 121 Å². The molecule has 8 heteroatoms. The molecule has 40 heavy (non-hydrogen) atoms. The minimum atomic E-state index is -0.737. The summed E-state index contributed by atoms with van der Waals surface area (Å²) in [6.45, 7) is 1.82. The van der Waals surface area contributed by atoms with Crippen molar-refractivity contribution in [1.29, 1.82) is 0 Å². The second-order valence-electron chi connectivity index (χ2n) is 10.9. The molecule has 0 spiro atoms. The fourth-order valence-electron chi connectivity index (χ4n) is 6.84. The van der Waals surface area contributed by atoms with Crippen LogP contribution in [0.15, 0.2) is 76.9 Å². The van der Waals surface area contributed by atoms with Gasteiger partial charge in [-0.25, -0.2) is 0 Å². The molecule has 0 saturated carbocycles. The highest BCUT2D eigenvalue weighted by atomic mass is 16.5. The third-order valence-corrected chi connectivity index (χ3v) is 8.78. The number of carbonyl (C=O) groups is 4. The van der Waals surface area contributed by atoms with Crippen molar-refractivity contribution in [3.63, 3.8) is 0 Å². The zero-order chi connectivity index (χ0) is 28.3. The number of ketones is 2. The second kappa shape index (κ2) is 9.62. The standard InChI is InChI=1S/C32H29NO7/c1-16-14-24(35)23-15-22-19(26(28(23)29(16)36)20-4-3-5-25(40-2)30(20)37)10-11-21-27(22)32(39)33(31(21)38)13-12-17-6-8-18(34)9-7-17/h3-10,14,21-22,26-27,34,37H,11-13,15H2,1-2H3. The van der Waals surface area contributed by atoms with Crippen LogP contribution in [0.3, 0.4) is 0 Å². The molecule has 0 radical (unpaired) electrons. The zero-order valence-electron chi connectivity index (χ0n) is 22.2. The van der Waals surface area contributed by atoms with E-state index in [1.54, 1.807) is 49.4 Å². The minimum Gasteiger partial charge on any atom is -0.508 e. The lowest BCUT2D eigenvalue weighted by Gasteiger charge is -2.42. The number of amides is 2. The van der Waals surface area contributed by atoms with Crippen molar-refractivity contribution in [2.24, 2.45) is 17.8 Å². The van der Waals surface area contributed by atoms with E-state index in [4.69, 9.17) is 4.74 Å². The van der Waals surface area contributed by atoms with E-state index in [-0.39, 0.29) is 53.6 Å². The van der Waals surface area contributed by atoms with Gasteiger partial charge in [0.2, 0.25) is 11.8 Å². The van der Waals surface area contributed by atoms with Crippen LogP contribution in [0.4, 0.5) is 0 Å². The molecular formula is C32H29NO7. The summed E-state index contributed by atoms with van der Waals surface area (Å²) in [4.78, 5) is 55.4. The molecule has 1 heterocycles. The molecule has 2 amide bonds. The smallest absolute Gasteiger partial charge is 0.233 e. The predicted molar refractivity (Wildman–Crippen MR) is 145 cm³/mol. The number of ether oxygens (including phenoxy) is 1. The number of aromatic hydroxyl groups is 2. The summed E-state index contributed by atoms with van der Waals surface area (Å²) in [6.07, 6.45) is 4.23. The summed E-state index contributed by atoms with van der Waals surface area (Å²) in [5.74, 6) is -3.19. The van der Waals surface area contributed by atoms with Crippen molar-refractivity contribution >= 4 is 23.4 Å². The Hall–Kier alpha value is -4.46. The molecule has 1 saturated heterocycles. The monoisotopic (exact) mass is 539 g/mol. The van der Waals surface area contributed by atoms with E-state index in [1.807, 2.05) is 6.08 Å². The molecule has 4 unspecified atom stereocenters. The van der Waals surface area contributed by atoms with Gasteiger partial charge in [-0.3, -0.25) is 24.1 Å². The molecule has 2 N–H and O–H groups in total. The highest BCUT2D eigenvalue weighted by molar-refractivity contribution is 6.24. The van der Waals surface area contributed by atoms with Gasteiger partial charge >= 0.3 is 0 Å². The van der Waals surface area contributed by atoms with Crippen molar-refractivity contribution in [2.45, 2.75) is 32.1 Å². The van der Waals surface area contributed by atoms with E-state index in [2.05, 4.69) is 0 Å². The van der Waals surface area contributed by atoms with Gasteiger partial charge in [-0.05, 0) is 61.9 Å². The average molecular weight is 540 g/mol. The molecular weight excluding hydrogens is 510 g/mol. The maximum atomic E-state index is 13.8. The van der Waals surface area contributed by atoms with Gasteiger partial charge in [0.05, 0.1) is 18.9 Å². The van der Waals surface area contributed by atoms with Crippen molar-refractivity contribution in [3.05, 3.63) is 88.0 Å². The van der Waals surface area contributed by atoms with Crippen LogP contribution in [0, 0.1) is 17.8 Å². The van der Waals surface area contributed by atoms with Gasteiger partial charge in [0, 0.05) is 34.7 Å². The van der Waals surface area contributed by atoms with Gasteiger partial charge in [0.25, 0.3) is 0 Å². The van der Waals surface area contributed by atoms with E-state index in [1.165, 1.54) is 18.1 Å². The maximum absolute atomic E-state index is 13.8. The summed E-state index contributed by atoms with van der Waals surface area (Å²) in [6, 6.07) is 11.7. The summed E-state index contributed by atoms with van der Waals surface area (Å²) in [5.41, 5.74) is 3.10. The molecule has 204 valence electrons. The van der Waals surface area contributed by atoms with Gasteiger partial charge in [0.1, 0.15) is 5.75 Å². The molecule has 8 nitrogen and oxygen atoms in total. The number of Topliss-reactive ketones (excluding diaryl/α,β-unsaturated/α-hetero) is 1. The first kappa shape index (κ1) is 25.8. The Kier molecular flexibility index (Phi) is 6.21. The number of rotatable bonds is 5. The third kappa shape index (κ3) is 3.89. The molecule has 4 atom stereocenters. The van der Waals surface area contributed by atoms with E-state index in [0.717, 1.165) is 11.1 Å². The Morgan fingerprint density at radius 2 is 1.73 bits per heavy atom. The number of benzene rings is 2. The molecule has 1 fully saturated rings. The Morgan fingerprint density at radius 3 is 2.45 bits per heavy atom. The van der Waals surface area contributed by atoms with Crippen LogP contribution >= 0.6 is 0 Å².